The number of nitrogens with zero attached hydrogens (tertiary/aromatic N) is 2. The van der Waals surface area contributed by atoms with Gasteiger partial charge in [0.2, 0.25) is 0 Å². The predicted molar refractivity (Wildman–Crippen MR) is 60.8 cm³/mol. The largest absolute Gasteiger partial charge is 0.237 e. The Hall–Kier alpha value is -0.280. The average molecular weight is 229 g/mol. The Morgan fingerprint density at radius 3 is 3.07 bits per heavy atom. The minimum atomic E-state index is 0.480. The topological polar surface area (TPSA) is 25.8 Å². The molecule has 1 unspecified atom stereocenters. The van der Waals surface area contributed by atoms with Gasteiger partial charge in [-0.15, -0.1) is 11.6 Å². The molecule has 0 N–H and O–H groups in total. The van der Waals surface area contributed by atoms with E-state index >= 15 is 0 Å². The van der Waals surface area contributed by atoms with Crippen LogP contribution in [0.3, 0.4) is 0 Å². The number of aryl methyl sites for hydroxylation is 1. The van der Waals surface area contributed by atoms with Gasteiger partial charge >= 0.3 is 0 Å². The van der Waals surface area contributed by atoms with Gasteiger partial charge in [-0.05, 0) is 31.6 Å². The molecule has 1 aliphatic heterocycles. The lowest BCUT2D eigenvalue weighted by Crippen LogP contribution is -2.02. The molecule has 76 valence electrons. The zero-order chi connectivity index (χ0) is 9.97. The van der Waals surface area contributed by atoms with Gasteiger partial charge in [0, 0.05) is 5.69 Å². The van der Waals surface area contributed by atoms with Crippen LogP contribution in [0, 0.1) is 6.92 Å². The Morgan fingerprint density at radius 1 is 1.57 bits per heavy atom. The highest BCUT2D eigenvalue weighted by molar-refractivity contribution is 7.99. The molecule has 14 heavy (non-hydrogen) atoms. The lowest BCUT2D eigenvalue weighted by molar-refractivity contribution is 0.764. The van der Waals surface area contributed by atoms with Crippen LogP contribution in [-0.4, -0.2) is 15.7 Å². The smallest absolute Gasteiger partial charge is 0.141 e. The molecule has 1 aromatic heterocycles. The van der Waals surface area contributed by atoms with Crippen molar-refractivity contribution in [2.75, 3.05) is 5.75 Å². The van der Waals surface area contributed by atoms with E-state index in [0.717, 1.165) is 17.2 Å². The molecule has 1 atom stereocenters. The van der Waals surface area contributed by atoms with Gasteiger partial charge in [0.15, 0.2) is 0 Å². The fourth-order valence-corrected chi connectivity index (χ4v) is 2.99. The lowest BCUT2D eigenvalue weighted by atomic mass is 10.2. The van der Waals surface area contributed by atoms with Crippen molar-refractivity contribution in [3.8, 4) is 0 Å². The zero-order valence-corrected chi connectivity index (χ0v) is 9.74. The summed E-state index contributed by atoms with van der Waals surface area (Å²) in [5.41, 5.74) is 1.97. The van der Waals surface area contributed by atoms with E-state index in [2.05, 4.69) is 9.97 Å². The van der Waals surface area contributed by atoms with E-state index in [9.17, 15) is 0 Å². The Balaban J connectivity index is 2.27. The Kier molecular flexibility index (Phi) is 3.29. The van der Waals surface area contributed by atoms with E-state index in [1.54, 1.807) is 0 Å². The summed E-state index contributed by atoms with van der Waals surface area (Å²) in [6, 6.07) is 1.95. The van der Waals surface area contributed by atoms with Crippen molar-refractivity contribution in [3.63, 3.8) is 0 Å². The molecule has 1 aromatic rings. The maximum atomic E-state index is 5.78. The third-order valence-corrected chi connectivity index (χ3v) is 3.93. The fourth-order valence-electron chi connectivity index (χ4n) is 1.65. The highest BCUT2D eigenvalue weighted by Crippen LogP contribution is 2.38. The molecule has 2 heterocycles. The number of hydrogen-bond acceptors (Lipinski definition) is 3. The maximum Gasteiger partial charge on any atom is 0.141 e. The second-order valence-corrected chi connectivity index (χ2v) is 5.07. The molecular formula is C10H13ClN2S. The van der Waals surface area contributed by atoms with Crippen molar-refractivity contribution in [2.45, 2.75) is 30.9 Å². The Bertz CT molecular complexity index is 324. The first-order valence-corrected chi connectivity index (χ1v) is 6.40. The van der Waals surface area contributed by atoms with Crippen LogP contribution >= 0.6 is 23.4 Å². The van der Waals surface area contributed by atoms with Crippen molar-refractivity contribution in [2.24, 2.45) is 0 Å². The normalized spacial score (nSPS) is 21.4. The van der Waals surface area contributed by atoms with Gasteiger partial charge < -0.3 is 0 Å². The summed E-state index contributed by atoms with van der Waals surface area (Å²) in [5, 5.41) is 0.497. The molecule has 2 rings (SSSR count). The van der Waals surface area contributed by atoms with Crippen LogP contribution in [0.4, 0.5) is 0 Å². The van der Waals surface area contributed by atoms with Gasteiger partial charge in [0.25, 0.3) is 0 Å². The van der Waals surface area contributed by atoms with Gasteiger partial charge in [-0.3, -0.25) is 0 Å². The van der Waals surface area contributed by atoms with Gasteiger partial charge in [0.1, 0.15) is 5.82 Å². The summed E-state index contributed by atoms with van der Waals surface area (Å²) in [4.78, 5) is 8.94. The van der Waals surface area contributed by atoms with Crippen LogP contribution in [0.1, 0.15) is 35.3 Å². The molecule has 0 saturated carbocycles. The van der Waals surface area contributed by atoms with E-state index in [1.165, 1.54) is 18.6 Å². The molecule has 4 heteroatoms. The average Bonchev–Trinajstić information content (AvgIpc) is 2.69. The van der Waals surface area contributed by atoms with E-state index in [4.69, 9.17) is 11.6 Å². The van der Waals surface area contributed by atoms with Crippen molar-refractivity contribution in [1.29, 1.82) is 0 Å². The lowest BCUT2D eigenvalue weighted by Gasteiger charge is -2.08. The summed E-state index contributed by atoms with van der Waals surface area (Å²) in [6.07, 6.45) is 2.48. The molecule has 2 nitrogen and oxygen atoms in total. The van der Waals surface area contributed by atoms with Crippen molar-refractivity contribution in [1.82, 2.24) is 9.97 Å². The Morgan fingerprint density at radius 2 is 2.43 bits per heavy atom. The molecule has 0 aliphatic carbocycles. The van der Waals surface area contributed by atoms with Gasteiger partial charge in [-0.1, -0.05) is 0 Å². The van der Waals surface area contributed by atoms with Crippen LogP contribution in [0.2, 0.25) is 0 Å². The van der Waals surface area contributed by atoms with Crippen LogP contribution in [0.25, 0.3) is 0 Å². The van der Waals surface area contributed by atoms with Crippen LogP contribution in [0.15, 0.2) is 6.07 Å². The van der Waals surface area contributed by atoms with Crippen LogP contribution < -0.4 is 0 Å². The zero-order valence-electron chi connectivity index (χ0n) is 8.16. The standard InChI is InChI=1S/C10H13ClN2S/c1-7-5-8(6-11)13-10(12-7)9-3-2-4-14-9/h5,9H,2-4,6H2,1H3. The number of thioether (sulfide) groups is 1. The molecule has 1 saturated heterocycles. The minimum Gasteiger partial charge on any atom is -0.237 e. The minimum absolute atomic E-state index is 0.480. The number of rotatable bonds is 2. The van der Waals surface area contributed by atoms with Crippen molar-refractivity contribution < 1.29 is 0 Å². The van der Waals surface area contributed by atoms with Gasteiger partial charge in [0.05, 0.1) is 16.8 Å². The summed E-state index contributed by atoms with van der Waals surface area (Å²) in [5.74, 6) is 2.69. The van der Waals surface area contributed by atoms with E-state index in [0.29, 0.717) is 11.1 Å². The summed E-state index contributed by atoms with van der Waals surface area (Å²) < 4.78 is 0. The number of aromatic nitrogens is 2. The number of alkyl halides is 1. The third kappa shape index (κ3) is 2.20. The monoisotopic (exact) mass is 228 g/mol. The van der Waals surface area contributed by atoms with E-state index < -0.39 is 0 Å². The molecule has 0 aromatic carbocycles. The van der Waals surface area contributed by atoms with Crippen LogP contribution in [-0.2, 0) is 5.88 Å². The second-order valence-electron chi connectivity index (χ2n) is 3.49. The highest BCUT2D eigenvalue weighted by atomic mass is 35.5. The van der Waals surface area contributed by atoms with Crippen molar-refractivity contribution >= 4 is 23.4 Å². The van der Waals surface area contributed by atoms with Crippen molar-refractivity contribution in [3.05, 3.63) is 23.3 Å². The van der Waals surface area contributed by atoms with E-state index in [-0.39, 0.29) is 0 Å². The van der Waals surface area contributed by atoms with Gasteiger partial charge in [-0.2, -0.15) is 11.8 Å². The molecule has 0 spiro atoms. The summed E-state index contributed by atoms with van der Waals surface area (Å²) in [7, 11) is 0. The van der Waals surface area contributed by atoms with Crippen LogP contribution in [0.5, 0.6) is 0 Å². The first-order chi connectivity index (χ1) is 6.79. The fraction of sp³-hybridized carbons (Fsp3) is 0.600. The highest BCUT2D eigenvalue weighted by Gasteiger charge is 2.20. The SMILES string of the molecule is Cc1cc(CCl)nc(C2CCCS2)n1. The first kappa shape index (κ1) is 10.2. The van der Waals surface area contributed by atoms with E-state index in [1.807, 2.05) is 24.8 Å². The van der Waals surface area contributed by atoms with Gasteiger partial charge in [-0.25, -0.2) is 9.97 Å². The molecule has 0 bridgehead atoms. The predicted octanol–water partition coefficient (Wildman–Crippen LogP) is 3.09. The molecule has 1 fully saturated rings. The quantitative estimate of drug-likeness (QED) is 0.728. The summed E-state index contributed by atoms with van der Waals surface area (Å²) >= 11 is 7.74. The molecule has 1 aliphatic rings. The number of hydrogen-bond donors (Lipinski definition) is 0. The second kappa shape index (κ2) is 4.49. The molecule has 0 radical (unpaired) electrons. The maximum absolute atomic E-state index is 5.78. The molecule has 0 amide bonds. The number of halogens is 1. The molecular weight excluding hydrogens is 216 g/mol. The summed E-state index contributed by atoms with van der Waals surface area (Å²) in [6.45, 7) is 2.00. The Labute approximate surface area is 93.5 Å². The first-order valence-electron chi connectivity index (χ1n) is 4.81. The third-order valence-electron chi connectivity index (χ3n) is 2.28.